The molecule has 0 spiro atoms. The highest BCUT2D eigenvalue weighted by Gasteiger charge is 2.37. The number of carbonyl (C=O) groups is 3. The van der Waals surface area contributed by atoms with Gasteiger partial charge >= 0.3 is 5.97 Å². The van der Waals surface area contributed by atoms with E-state index in [2.05, 4.69) is 5.32 Å². The van der Waals surface area contributed by atoms with Crippen molar-refractivity contribution in [3.05, 3.63) is 70.5 Å². The molecule has 1 aromatic carbocycles. The number of carbonyl (C=O) groups excluding carboxylic acids is 3. The molecule has 3 aromatic rings. The molecule has 1 N–H and O–H groups in total. The van der Waals surface area contributed by atoms with E-state index in [-0.39, 0.29) is 31.1 Å². The van der Waals surface area contributed by atoms with E-state index in [0.29, 0.717) is 17.1 Å². The predicted octanol–water partition coefficient (Wildman–Crippen LogP) is 2.00. The Kier molecular flexibility index (Phi) is 6.40. The molecule has 0 aliphatic carbocycles. The van der Waals surface area contributed by atoms with Gasteiger partial charge in [0.2, 0.25) is 5.91 Å². The van der Waals surface area contributed by atoms with Crippen LogP contribution in [0.25, 0.3) is 5.69 Å². The smallest absolute Gasteiger partial charge is 0.312 e. The van der Waals surface area contributed by atoms with Crippen molar-refractivity contribution in [1.29, 1.82) is 0 Å². The van der Waals surface area contributed by atoms with Gasteiger partial charge in [0, 0.05) is 20.0 Å². The summed E-state index contributed by atoms with van der Waals surface area (Å²) in [5.74, 6) is -1.50. The Balaban J connectivity index is 1.39. The molecular weight excluding hydrogens is 440 g/mol. The maximum Gasteiger partial charge on any atom is 0.312 e. The average molecular weight is 466 g/mol. The van der Waals surface area contributed by atoms with Gasteiger partial charge in [-0.2, -0.15) is 0 Å². The number of benzene rings is 1. The summed E-state index contributed by atoms with van der Waals surface area (Å²) in [6.45, 7) is 3.60. The highest BCUT2D eigenvalue weighted by Crippen LogP contribution is 2.22. The molecule has 2 unspecified atom stereocenters. The SMILES string of the molecule is Cc1c(NC(=O)C(C)OC(=O)C2CC(=O)N(Cc3ccco3)C2)c(=O)n(-c2ccccc2)n1C. The lowest BCUT2D eigenvalue weighted by molar-refractivity contribution is -0.157. The minimum atomic E-state index is -1.15. The van der Waals surface area contributed by atoms with Crippen molar-refractivity contribution >= 4 is 23.5 Å². The lowest BCUT2D eigenvalue weighted by atomic mass is 10.1. The van der Waals surface area contributed by atoms with Crippen LogP contribution in [0.15, 0.2) is 57.9 Å². The molecule has 0 radical (unpaired) electrons. The molecule has 0 saturated carbocycles. The Hall–Kier alpha value is -4.08. The Morgan fingerprint density at radius 1 is 1.18 bits per heavy atom. The van der Waals surface area contributed by atoms with Crippen molar-refractivity contribution in [3.63, 3.8) is 0 Å². The molecule has 3 heterocycles. The van der Waals surface area contributed by atoms with Gasteiger partial charge in [-0.25, -0.2) is 4.68 Å². The van der Waals surface area contributed by atoms with Gasteiger partial charge in [-0.1, -0.05) is 18.2 Å². The van der Waals surface area contributed by atoms with Crippen LogP contribution in [0.4, 0.5) is 5.69 Å². The number of amides is 2. The van der Waals surface area contributed by atoms with Gasteiger partial charge in [-0.05, 0) is 38.1 Å². The molecule has 10 heteroatoms. The lowest BCUT2D eigenvalue weighted by Crippen LogP contribution is -2.34. The van der Waals surface area contributed by atoms with Crippen molar-refractivity contribution in [3.8, 4) is 5.69 Å². The second-order valence-corrected chi connectivity index (χ2v) is 8.26. The summed E-state index contributed by atoms with van der Waals surface area (Å²) >= 11 is 0. The molecule has 34 heavy (non-hydrogen) atoms. The standard InChI is InChI=1S/C24H26N4O6/c1-15-21(23(31)28(26(15)3)18-8-5-4-6-9-18)25-22(30)16(2)34-24(32)17-12-20(29)27(13-17)14-19-10-7-11-33-19/h4-11,16-17H,12-14H2,1-3H3,(H,25,30). The zero-order valence-electron chi connectivity index (χ0n) is 19.2. The largest absolute Gasteiger partial charge is 0.467 e. The zero-order chi connectivity index (χ0) is 24.4. The number of aromatic nitrogens is 2. The first-order valence-corrected chi connectivity index (χ1v) is 10.9. The van der Waals surface area contributed by atoms with E-state index >= 15 is 0 Å². The van der Waals surface area contributed by atoms with Gasteiger partial charge in [-0.3, -0.25) is 23.9 Å². The molecule has 2 atom stereocenters. The van der Waals surface area contributed by atoms with E-state index in [1.807, 2.05) is 18.2 Å². The molecule has 1 aliphatic rings. The number of rotatable bonds is 7. The highest BCUT2D eigenvalue weighted by atomic mass is 16.5. The topological polar surface area (TPSA) is 116 Å². The summed E-state index contributed by atoms with van der Waals surface area (Å²) in [5.41, 5.74) is 0.923. The highest BCUT2D eigenvalue weighted by molar-refractivity contribution is 5.96. The molecule has 178 valence electrons. The Labute approximate surface area is 195 Å². The number of para-hydroxylation sites is 1. The maximum atomic E-state index is 13.0. The minimum absolute atomic E-state index is 0.00740. The van der Waals surface area contributed by atoms with Gasteiger partial charge in [0.05, 0.1) is 30.1 Å². The van der Waals surface area contributed by atoms with Gasteiger partial charge in [0.1, 0.15) is 11.4 Å². The Morgan fingerprint density at radius 2 is 1.91 bits per heavy atom. The minimum Gasteiger partial charge on any atom is -0.467 e. The number of hydrogen-bond donors (Lipinski definition) is 1. The van der Waals surface area contributed by atoms with E-state index in [1.54, 1.807) is 42.9 Å². The van der Waals surface area contributed by atoms with Gasteiger partial charge in [0.15, 0.2) is 6.10 Å². The number of likely N-dealkylation sites (tertiary alicyclic amines) is 1. The van der Waals surface area contributed by atoms with Gasteiger partial charge in [-0.15, -0.1) is 0 Å². The predicted molar refractivity (Wildman–Crippen MR) is 122 cm³/mol. The Morgan fingerprint density at radius 3 is 2.59 bits per heavy atom. The van der Waals surface area contributed by atoms with Crippen LogP contribution in [-0.2, 0) is 32.7 Å². The van der Waals surface area contributed by atoms with Crippen LogP contribution in [0.2, 0.25) is 0 Å². The van der Waals surface area contributed by atoms with Crippen LogP contribution in [-0.4, -0.2) is 44.7 Å². The third-order valence-corrected chi connectivity index (χ3v) is 5.94. The lowest BCUT2D eigenvalue weighted by Gasteiger charge is -2.17. The van der Waals surface area contributed by atoms with E-state index in [9.17, 15) is 19.2 Å². The normalized spacial score (nSPS) is 16.5. The fraction of sp³-hybridized carbons (Fsp3) is 0.333. The number of hydrogen-bond acceptors (Lipinski definition) is 6. The number of nitrogens with one attached hydrogen (secondary N) is 1. The first-order chi connectivity index (χ1) is 16.3. The van der Waals surface area contributed by atoms with Crippen molar-refractivity contribution in [2.45, 2.75) is 32.9 Å². The Bertz CT molecular complexity index is 1260. The summed E-state index contributed by atoms with van der Waals surface area (Å²) < 4.78 is 13.7. The molecule has 0 bridgehead atoms. The van der Waals surface area contributed by atoms with Crippen LogP contribution < -0.4 is 10.9 Å². The van der Waals surface area contributed by atoms with Crippen LogP contribution in [0.5, 0.6) is 0 Å². The molecule has 2 aromatic heterocycles. The molecule has 1 saturated heterocycles. The first kappa shape index (κ1) is 23.1. The molecule has 1 aliphatic heterocycles. The molecule has 2 amide bonds. The van der Waals surface area contributed by atoms with Crippen molar-refractivity contribution in [2.24, 2.45) is 13.0 Å². The summed E-state index contributed by atoms with van der Waals surface area (Å²) in [7, 11) is 1.72. The fourth-order valence-corrected chi connectivity index (χ4v) is 3.93. The third kappa shape index (κ3) is 4.52. The van der Waals surface area contributed by atoms with Gasteiger partial charge < -0.3 is 19.4 Å². The number of furan rings is 1. The maximum absolute atomic E-state index is 13.0. The average Bonchev–Trinajstić information content (AvgIpc) is 3.51. The second kappa shape index (κ2) is 9.42. The third-order valence-electron chi connectivity index (χ3n) is 5.94. The summed E-state index contributed by atoms with van der Waals surface area (Å²) in [6.07, 6.45) is 0.379. The number of nitrogens with zero attached hydrogens (tertiary/aromatic N) is 3. The second-order valence-electron chi connectivity index (χ2n) is 8.26. The van der Waals surface area contributed by atoms with E-state index in [0.717, 1.165) is 0 Å². The fourth-order valence-electron chi connectivity index (χ4n) is 3.93. The van der Waals surface area contributed by atoms with E-state index in [1.165, 1.54) is 22.8 Å². The van der Waals surface area contributed by atoms with Crippen LogP contribution in [0, 0.1) is 12.8 Å². The van der Waals surface area contributed by atoms with Crippen LogP contribution in [0.1, 0.15) is 24.8 Å². The van der Waals surface area contributed by atoms with Crippen molar-refractivity contribution < 1.29 is 23.5 Å². The monoisotopic (exact) mass is 466 g/mol. The van der Waals surface area contributed by atoms with E-state index < -0.39 is 29.5 Å². The van der Waals surface area contributed by atoms with Crippen molar-refractivity contribution in [2.75, 3.05) is 11.9 Å². The summed E-state index contributed by atoms with van der Waals surface area (Å²) in [6, 6.07) is 12.5. The molecule has 10 nitrogen and oxygen atoms in total. The van der Waals surface area contributed by atoms with Gasteiger partial charge in [0.25, 0.3) is 11.5 Å². The first-order valence-electron chi connectivity index (χ1n) is 10.9. The summed E-state index contributed by atoms with van der Waals surface area (Å²) in [5, 5.41) is 2.59. The molecule has 1 fully saturated rings. The van der Waals surface area contributed by atoms with Crippen LogP contribution >= 0.6 is 0 Å². The number of anilines is 1. The quantitative estimate of drug-likeness (QED) is 0.533. The zero-order valence-corrected chi connectivity index (χ0v) is 19.2. The number of esters is 1. The number of ether oxygens (including phenoxy) is 1. The molecular formula is C24H26N4O6. The van der Waals surface area contributed by atoms with E-state index in [4.69, 9.17) is 9.15 Å². The molecule has 4 rings (SSSR count). The van der Waals surface area contributed by atoms with Crippen molar-refractivity contribution in [1.82, 2.24) is 14.3 Å². The summed E-state index contributed by atoms with van der Waals surface area (Å²) in [4.78, 5) is 52.1. The van der Waals surface area contributed by atoms with Crippen LogP contribution in [0.3, 0.4) is 0 Å².